The molecule has 8 nitrogen and oxygen atoms in total. The summed E-state index contributed by atoms with van der Waals surface area (Å²) in [4.78, 5) is 47.1. The maximum absolute atomic E-state index is 12.0. The predicted molar refractivity (Wildman–Crippen MR) is 83.4 cm³/mol. The summed E-state index contributed by atoms with van der Waals surface area (Å²) in [6, 6.07) is 6.00. The second-order valence-corrected chi connectivity index (χ2v) is 5.30. The van der Waals surface area contributed by atoms with E-state index in [1.165, 1.54) is 7.05 Å². The van der Waals surface area contributed by atoms with Crippen molar-refractivity contribution >= 4 is 23.5 Å². The van der Waals surface area contributed by atoms with Gasteiger partial charge in [0.1, 0.15) is 0 Å². The molecule has 2 rings (SSSR count). The first kappa shape index (κ1) is 16.6. The number of rotatable bonds is 5. The third kappa shape index (κ3) is 3.53. The summed E-state index contributed by atoms with van der Waals surface area (Å²) in [7, 11) is 1.47. The molecule has 1 heterocycles. The molecule has 122 valence electrons. The van der Waals surface area contributed by atoms with Crippen LogP contribution in [-0.4, -0.2) is 41.3 Å². The Morgan fingerprint density at radius 1 is 1.35 bits per heavy atom. The Kier molecular flexibility index (Phi) is 5.05. The van der Waals surface area contributed by atoms with Gasteiger partial charge >= 0.3 is 6.03 Å². The van der Waals surface area contributed by atoms with Gasteiger partial charge in [0.25, 0.3) is 0 Å². The number of nitrogens with one attached hydrogen (secondary N) is 1. The highest BCUT2D eigenvalue weighted by atomic mass is 16.3. The van der Waals surface area contributed by atoms with Crippen LogP contribution in [0.25, 0.3) is 0 Å². The van der Waals surface area contributed by atoms with Crippen molar-refractivity contribution in [2.24, 2.45) is 5.29 Å². The van der Waals surface area contributed by atoms with Crippen molar-refractivity contribution in [2.75, 3.05) is 18.9 Å². The number of benzene rings is 1. The highest BCUT2D eigenvalue weighted by Gasteiger charge is 2.36. The SMILES string of the molecule is CCCN(N=O)C(=O)Nc1ccc(C2CC(=O)N(C)C2=O)cc1. The maximum Gasteiger partial charge on any atom is 0.344 e. The van der Waals surface area contributed by atoms with Crippen LogP contribution in [0.4, 0.5) is 10.5 Å². The molecule has 4 amide bonds. The van der Waals surface area contributed by atoms with Crippen LogP contribution < -0.4 is 5.32 Å². The van der Waals surface area contributed by atoms with E-state index in [0.29, 0.717) is 17.7 Å². The zero-order valence-electron chi connectivity index (χ0n) is 13.0. The van der Waals surface area contributed by atoms with Gasteiger partial charge in [-0.3, -0.25) is 14.5 Å². The molecule has 1 aliphatic heterocycles. The van der Waals surface area contributed by atoms with Gasteiger partial charge in [0, 0.05) is 25.7 Å². The average Bonchev–Trinajstić information content (AvgIpc) is 2.80. The van der Waals surface area contributed by atoms with Gasteiger partial charge in [0.15, 0.2) is 0 Å². The van der Waals surface area contributed by atoms with E-state index >= 15 is 0 Å². The number of carbonyl (C=O) groups is 3. The fraction of sp³-hybridized carbons (Fsp3) is 0.400. The molecule has 0 aromatic heterocycles. The topological polar surface area (TPSA) is 99.2 Å². The van der Waals surface area contributed by atoms with Crippen LogP contribution >= 0.6 is 0 Å². The van der Waals surface area contributed by atoms with Crippen LogP contribution in [0.15, 0.2) is 29.6 Å². The van der Waals surface area contributed by atoms with Crippen molar-refractivity contribution in [1.29, 1.82) is 0 Å². The van der Waals surface area contributed by atoms with Crippen molar-refractivity contribution in [3.8, 4) is 0 Å². The molecule has 1 saturated heterocycles. The normalized spacial score (nSPS) is 17.3. The molecule has 0 spiro atoms. The zero-order chi connectivity index (χ0) is 17.0. The molecule has 8 heteroatoms. The quantitative estimate of drug-likeness (QED) is 0.510. The Bertz CT molecular complexity index is 629. The standard InChI is InChI=1S/C15H18N4O4/c1-3-8-19(17-23)15(22)16-11-6-4-10(5-7-11)12-9-13(20)18(2)14(12)21/h4-7,12H,3,8-9H2,1-2H3,(H,16,22). The van der Waals surface area contributed by atoms with Crippen LogP contribution in [0, 0.1) is 4.91 Å². The molecule has 1 N–H and O–H groups in total. The van der Waals surface area contributed by atoms with Gasteiger partial charge in [0.2, 0.25) is 11.8 Å². The van der Waals surface area contributed by atoms with E-state index in [9.17, 15) is 19.3 Å². The smallest absolute Gasteiger partial charge is 0.306 e. The molecule has 1 aromatic rings. The lowest BCUT2D eigenvalue weighted by Crippen LogP contribution is -2.30. The van der Waals surface area contributed by atoms with E-state index in [-0.39, 0.29) is 24.8 Å². The fourth-order valence-corrected chi connectivity index (χ4v) is 2.39. The first-order valence-corrected chi connectivity index (χ1v) is 7.30. The van der Waals surface area contributed by atoms with Gasteiger partial charge in [-0.05, 0) is 24.1 Å². The van der Waals surface area contributed by atoms with Crippen molar-refractivity contribution in [3.63, 3.8) is 0 Å². The van der Waals surface area contributed by atoms with Crippen LogP contribution in [0.5, 0.6) is 0 Å². The second kappa shape index (κ2) is 6.99. The molecule has 0 radical (unpaired) electrons. The van der Waals surface area contributed by atoms with Gasteiger partial charge in [-0.1, -0.05) is 19.1 Å². The summed E-state index contributed by atoms with van der Waals surface area (Å²) in [5.41, 5.74) is 1.19. The molecular weight excluding hydrogens is 300 g/mol. The van der Waals surface area contributed by atoms with Crippen molar-refractivity contribution in [3.05, 3.63) is 34.7 Å². The van der Waals surface area contributed by atoms with Crippen molar-refractivity contribution in [1.82, 2.24) is 9.91 Å². The largest absolute Gasteiger partial charge is 0.344 e. The van der Waals surface area contributed by atoms with E-state index in [1.54, 1.807) is 24.3 Å². The summed E-state index contributed by atoms with van der Waals surface area (Å²) in [6.07, 6.45) is 0.768. The Morgan fingerprint density at radius 2 is 2.00 bits per heavy atom. The molecule has 1 fully saturated rings. The predicted octanol–water partition coefficient (Wildman–Crippen LogP) is 2.08. The third-order valence-corrected chi connectivity index (χ3v) is 3.71. The Morgan fingerprint density at radius 3 is 2.48 bits per heavy atom. The van der Waals surface area contributed by atoms with E-state index in [0.717, 1.165) is 9.91 Å². The van der Waals surface area contributed by atoms with E-state index in [1.807, 2.05) is 6.92 Å². The molecule has 1 unspecified atom stereocenters. The van der Waals surface area contributed by atoms with Gasteiger partial charge in [-0.15, -0.1) is 4.91 Å². The molecule has 1 aromatic carbocycles. The number of nitroso groups, excluding NO2 is 1. The molecular formula is C15H18N4O4. The van der Waals surface area contributed by atoms with Crippen LogP contribution in [-0.2, 0) is 9.59 Å². The number of urea groups is 1. The molecule has 0 bridgehead atoms. The molecule has 1 atom stereocenters. The van der Waals surface area contributed by atoms with Gasteiger partial charge in [-0.25, -0.2) is 4.79 Å². The van der Waals surface area contributed by atoms with Crippen LogP contribution in [0.1, 0.15) is 31.2 Å². The number of likely N-dealkylation sites (tertiary alicyclic amines) is 1. The number of hydrogen-bond acceptors (Lipinski definition) is 5. The first-order chi connectivity index (χ1) is 11.0. The lowest BCUT2D eigenvalue weighted by atomic mass is 9.97. The Balaban J connectivity index is 2.05. The second-order valence-electron chi connectivity index (χ2n) is 5.30. The number of hydrogen-bond donors (Lipinski definition) is 1. The number of anilines is 1. The minimum Gasteiger partial charge on any atom is -0.306 e. The highest BCUT2D eigenvalue weighted by Crippen LogP contribution is 2.29. The summed E-state index contributed by atoms with van der Waals surface area (Å²) in [5, 5.41) is 6.03. The lowest BCUT2D eigenvalue weighted by Gasteiger charge is -2.14. The minimum absolute atomic E-state index is 0.153. The summed E-state index contributed by atoms with van der Waals surface area (Å²) < 4.78 is 0. The summed E-state index contributed by atoms with van der Waals surface area (Å²) in [6.45, 7) is 2.07. The van der Waals surface area contributed by atoms with Crippen LogP contribution in [0.2, 0.25) is 0 Å². The van der Waals surface area contributed by atoms with E-state index in [2.05, 4.69) is 10.6 Å². The maximum atomic E-state index is 12.0. The number of carbonyl (C=O) groups excluding carboxylic acids is 3. The summed E-state index contributed by atoms with van der Waals surface area (Å²) in [5.74, 6) is -0.916. The van der Waals surface area contributed by atoms with Crippen LogP contribution in [0.3, 0.4) is 0 Å². The lowest BCUT2D eigenvalue weighted by molar-refractivity contribution is -0.137. The number of amides is 4. The highest BCUT2D eigenvalue weighted by molar-refractivity contribution is 6.05. The van der Waals surface area contributed by atoms with E-state index < -0.39 is 11.9 Å². The number of imide groups is 1. The Labute approximate surface area is 133 Å². The third-order valence-electron chi connectivity index (χ3n) is 3.71. The average molecular weight is 318 g/mol. The first-order valence-electron chi connectivity index (χ1n) is 7.30. The fourth-order valence-electron chi connectivity index (χ4n) is 2.39. The molecule has 1 aliphatic rings. The van der Waals surface area contributed by atoms with Gasteiger partial charge in [-0.2, -0.15) is 5.01 Å². The minimum atomic E-state index is -0.610. The number of likely N-dealkylation sites (N-methyl/N-ethyl adjacent to an activating group) is 1. The molecule has 0 saturated carbocycles. The molecule has 23 heavy (non-hydrogen) atoms. The summed E-state index contributed by atoms with van der Waals surface area (Å²) >= 11 is 0. The van der Waals surface area contributed by atoms with E-state index in [4.69, 9.17) is 0 Å². The van der Waals surface area contributed by atoms with Gasteiger partial charge in [0.05, 0.1) is 11.2 Å². The Hall–Kier alpha value is -2.77. The van der Waals surface area contributed by atoms with Crippen molar-refractivity contribution < 1.29 is 14.4 Å². The monoisotopic (exact) mass is 318 g/mol. The zero-order valence-corrected chi connectivity index (χ0v) is 13.0. The molecule has 0 aliphatic carbocycles. The van der Waals surface area contributed by atoms with Crippen molar-refractivity contribution in [2.45, 2.75) is 25.7 Å². The number of nitrogens with zero attached hydrogens (tertiary/aromatic N) is 3. The van der Waals surface area contributed by atoms with Gasteiger partial charge < -0.3 is 5.32 Å².